The highest BCUT2D eigenvalue weighted by molar-refractivity contribution is 7.45. The van der Waals surface area contributed by atoms with E-state index in [0.29, 0.717) is 23.9 Å². The van der Waals surface area contributed by atoms with Gasteiger partial charge in [-0.3, -0.25) is 9.36 Å². The third-order valence-electron chi connectivity index (χ3n) is 15.7. The van der Waals surface area contributed by atoms with Crippen LogP contribution in [-0.4, -0.2) is 68.5 Å². The van der Waals surface area contributed by atoms with Gasteiger partial charge in [-0.15, -0.1) is 0 Å². The number of hydrogen-bond donors (Lipinski definition) is 2. The molecule has 0 aromatic rings. The second-order valence-electron chi connectivity index (χ2n) is 24.5. The molecule has 0 spiro atoms. The molecule has 0 aliphatic carbocycles. The fourth-order valence-electron chi connectivity index (χ4n) is 10.4. The van der Waals surface area contributed by atoms with Crippen LogP contribution in [0.4, 0.5) is 0 Å². The van der Waals surface area contributed by atoms with Crippen LogP contribution >= 0.6 is 7.82 Å². The van der Waals surface area contributed by atoms with Crippen LogP contribution in [0.25, 0.3) is 0 Å². The molecule has 76 heavy (non-hydrogen) atoms. The second kappa shape index (κ2) is 58.6. The predicted molar refractivity (Wildman–Crippen MR) is 330 cm³/mol. The molecule has 0 rings (SSSR count). The number of allylic oxidation sites excluding steroid dienone is 4. The van der Waals surface area contributed by atoms with Crippen LogP contribution in [0.15, 0.2) is 24.3 Å². The maximum Gasteiger partial charge on any atom is 0.268 e. The zero-order valence-corrected chi connectivity index (χ0v) is 52.6. The van der Waals surface area contributed by atoms with E-state index < -0.39 is 20.0 Å². The molecule has 0 aliphatic rings. The van der Waals surface area contributed by atoms with Crippen molar-refractivity contribution in [2.75, 3.05) is 40.9 Å². The molecule has 0 saturated carbocycles. The van der Waals surface area contributed by atoms with Gasteiger partial charge in [0.15, 0.2) is 0 Å². The lowest BCUT2D eigenvalue weighted by molar-refractivity contribution is -0.870. The summed E-state index contributed by atoms with van der Waals surface area (Å²) in [4.78, 5) is 25.6. The monoisotopic (exact) mass is 1090 g/mol. The molecule has 3 unspecified atom stereocenters. The number of likely N-dealkylation sites (N-methyl/N-ethyl adjacent to an activating group) is 1. The fourth-order valence-corrected chi connectivity index (χ4v) is 11.2. The average Bonchev–Trinajstić information content (AvgIpc) is 3.38. The SMILES string of the molecule is CCCCCCC/C=C\C/C=C\CCCCCCCCCCCC(=O)NC(COP(=O)([O-])OCC[N+](C)(C)C)C(O)CCCCCCCCCCCCCCCCCCCCCCCCCCCCCCCCCCC. The van der Waals surface area contributed by atoms with E-state index in [1.54, 1.807) is 0 Å². The molecule has 0 aromatic heterocycles. The van der Waals surface area contributed by atoms with Crippen molar-refractivity contribution < 1.29 is 32.9 Å². The number of aliphatic hydroxyl groups is 1. The maximum atomic E-state index is 13.0. The molecule has 2 N–H and O–H groups in total. The van der Waals surface area contributed by atoms with Crippen molar-refractivity contribution in [2.24, 2.45) is 0 Å². The zero-order valence-electron chi connectivity index (χ0n) is 51.7. The van der Waals surface area contributed by atoms with Gasteiger partial charge in [-0.2, -0.15) is 0 Å². The standard InChI is InChI=1S/C67H133N2O6P/c1-6-8-10-12-14-16-18-20-22-24-26-28-29-30-31-32-33-34-35-36-37-38-39-41-42-44-46-48-50-52-54-56-58-60-66(70)65(64-75-76(72,73)74-63-62-69(3,4)5)68-67(71)61-59-57-55-53-51-49-47-45-43-40-27-25-23-21-19-17-15-13-11-9-7-2/h19,21,25,27,65-66,70H,6-18,20,22-24,26,28-64H2,1-5H3,(H-,68,71,72,73)/b21-19-,27-25-. The molecule has 452 valence electrons. The van der Waals surface area contributed by atoms with Crippen molar-refractivity contribution >= 4 is 13.7 Å². The van der Waals surface area contributed by atoms with Crippen LogP contribution < -0.4 is 10.2 Å². The molecular weight excluding hydrogens is 960 g/mol. The Morgan fingerprint density at radius 2 is 0.763 bits per heavy atom. The second-order valence-corrected chi connectivity index (χ2v) is 25.9. The summed E-state index contributed by atoms with van der Waals surface area (Å²) in [6.45, 7) is 4.76. The quantitative estimate of drug-likeness (QED) is 0.0272. The maximum absolute atomic E-state index is 13.0. The number of phosphoric ester groups is 1. The highest BCUT2D eigenvalue weighted by atomic mass is 31.2. The Hall–Kier alpha value is -1.02. The van der Waals surface area contributed by atoms with E-state index >= 15 is 0 Å². The van der Waals surface area contributed by atoms with Crippen LogP contribution in [0.3, 0.4) is 0 Å². The number of aliphatic hydroxyl groups excluding tert-OH is 1. The van der Waals surface area contributed by atoms with Gasteiger partial charge in [0.1, 0.15) is 13.2 Å². The first kappa shape index (κ1) is 75.0. The third-order valence-corrected chi connectivity index (χ3v) is 16.7. The molecule has 1 amide bonds. The average molecular weight is 1090 g/mol. The van der Waals surface area contributed by atoms with Crippen molar-refractivity contribution in [1.29, 1.82) is 0 Å². The van der Waals surface area contributed by atoms with Crippen molar-refractivity contribution in [1.82, 2.24) is 5.32 Å². The van der Waals surface area contributed by atoms with E-state index in [0.717, 1.165) is 44.9 Å². The summed E-state index contributed by atoms with van der Waals surface area (Å²) < 4.78 is 23.5. The van der Waals surface area contributed by atoms with E-state index in [2.05, 4.69) is 43.5 Å². The molecule has 0 saturated heterocycles. The molecule has 0 radical (unpaired) electrons. The Morgan fingerprint density at radius 3 is 1.09 bits per heavy atom. The van der Waals surface area contributed by atoms with Crippen LogP contribution in [0.1, 0.15) is 348 Å². The molecule has 0 aromatic carbocycles. The Kier molecular flexibility index (Phi) is 57.8. The Morgan fingerprint density at radius 1 is 0.461 bits per heavy atom. The van der Waals surface area contributed by atoms with Gasteiger partial charge in [0.2, 0.25) is 5.91 Å². The highest BCUT2D eigenvalue weighted by Crippen LogP contribution is 2.38. The summed E-state index contributed by atoms with van der Waals surface area (Å²) >= 11 is 0. The van der Waals surface area contributed by atoms with Gasteiger partial charge >= 0.3 is 0 Å². The minimum atomic E-state index is -4.58. The van der Waals surface area contributed by atoms with E-state index in [4.69, 9.17) is 9.05 Å². The first-order valence-electron chi connectivity index (χ1n) is 33.7. The normalized spacial score (nSPS) is 13.8. The molecule has 0 fully saturated rings. The van der Waals surface area contributed by atoms with Crippen molar-refractivity contribution in [2.45, 2.75) is 360 Å². The number of amides is 1. The summed E-state index contributed by atoms with van der Waals surface area (Å²) in [6.07, 6.45) is 75.3. The predicted octanol–water partition coefficient (Wildman–Crippen LogP) is 20.5. The zero-order chi connectivity index (χ0) is 55.6. The van der Waals surface area contributed by atoms with Gasteiger partial charge in [-0.1, -0.05) is 321 Å². The number of phosphoric acid groups is 1. The van der Waals surface area contributed by atoms with Gasteiger partial charge in [-0.05, 0) is 44.9 Å². The van der Waals surface area contributed by atoms with Gasteiger partial charge in [0, 0.05) is 6.42 Å². The molecule has 8 nitrogen and oxygen atoms in total. The Balaban J connectivity index is 4.00. The van der Waals surface area contributed by atoms with Gasteiger partial charge in [0.25, 0.3) is 7.82 Å². The first-order valence-corrected chi connectivity index (χ1v) is 35.1. The number of unbranched alkanes of at least 4 members (excludes halogenated alkanes) is 46. The van der Waals surface area contributed by atoms with Crippen LogP contribution in [0, 0.1) is 0 Å². The lowest BCUT2D eigenvalue weighted by Gasteiger charge is -2.30. The largest absolute Gasteiger partial charge is 0.756 e. The molecule has 9 heteroatoms. The number of carbonyl (C=O) groups is 1. The lowest BCUT2D eigenvalue weighted by Crippen LogP contribution is -2.46. The van der Waals surface area contributed by atoms with Crippen molar-refractivity contribution in [3.63, 3.8) is 0 Å². The van der Waals surface area contributed by atoms with Crippen molar-refractivity contribution in [3.05, 3.63) is 24.3 Å². The Bertz CT molecular complexity index is 1290. The van der Waals surface area contributed by atoms with E-state index in [9.17, 15) is 19.4 Å². The lowest BCUT2D eigenvalue weighted by atomic mass is 10.0. The van der Waals surface area contributed by atoms with Crippen LogP contribution in [0.2, 0.25) is 0 Å². The molecule has 0 bridgehead atoms. The Labute approximate surface area is 474 Å². The number of hydrogen-bond acceptors (Lipinski definition) is 6. The van der Waals surface area contributed by atoms with E-state index in [1.165, 1.54) is 276 Å². The van der Waals surface area contributed by atoms with Gasteiger partial charge < -0.3 is 28.8 Å². The molecule has 0 aliphatic heterocycles. The molecule has 0 heterocycles. The summed E-state index contributed by atoms with van der Waals surface area (Å²) in [7, 11) is 1.32. The van der Waals surface area contributed by atoms with Crippen molar-refractivity contribution in [3.8, 4) is 0 Å². The summed E-state index contributed by atoms with van der Waals surface area (Å²) in [5, 5.41) is 14.1. The number of quaternary nitrogens is 1. The first-order chi connectivity index (χ1) is 37.0. The number of nitrogens with one attached hydrogen (secondary N) is 1. The number of rotatable bonds is 63. The number of nitrogens with zero attached hydrogens (tertiary/aromatic N) is 1. The topological polar surface area (TPSA) is 108 Å². The fraction of sp³-hybridized carbons (Fsp3) is 0.925. The minimum Gasteiger partial charge on any atom is -0.756 e. The molecule has 3 atom stereocenters. The number of carbonyl (C=O) groups excluding carboxylic acids is 1. The summed E-state index contributed by atoms with van der Waals surface area (Å²) in [6, 6.07) is -0.803. The summed E-state index contributed by atoms with van der Waals surface area (Å²) in [5.41, 5.74) is 0. The molecular formula is C67H133N2O6P. The van der Waals surface area contributed by atoms with E-state index in [-0.39, 0.29) is 19.1 Å². The minimum absolute atomic E-state index is 0.0127. The third kappa shape index (κ3) is 60.6. The van der Waals surface area contributed by atoms with Crippen LogP contribution in [0.5, 0.6) is 0 Å². The highest BCUT2D eigenvalue weighted by Gasteiger charge is 2.24. The summed E-state index contributed by atoms with van der Waals surface area (Å²) in [5.74, 6) is -0.164. The van der Waals surface area contributed by atoms with Crippen LogP contribution in [-0.2, 0) is 18.4 Å². The van der Waals surface area contributed by atoms with E-state index in [1.807, 2.05) is 21.1 Å². The van der Waals surface area contributed by atoms with Gasteiger partial charge in [0.05, 0.1) is 39.9 Å². The van der Waals surface area contributed by atoms with Gasteiger partial charge in [-0.25, -0.2) is 0 Å². The smallest absolute Gasteiger partial charge is 0.268 e.